The van der Waals surface area contributed by atoms with Gasteiger partial charge < -0.3 is 4.74 Å². The molecule has 23 heavy (non-hydrogen) atoms. The van der Waals surface area contributed by atoms with Crippen LogP contribution in [0, 0.1) is 0 Å². The molecular weight excluding hydrogens is 362 g/mol. The smallest absolute Gasteiger partial charge is 0.288 e. The number of benzene rings is 1. The number of rotatable bonds is 4. The van der Waals surface area contributed by atoms with E-state index in [1.54, 1.807) is 37.5 Å². The molecule has 0 saturated carbocycles. The Balaban J connectivity index is 1.95. The van der Waals surface area contributed by atoms with Crippen molar-refractivity contribution in [2.45, 2.75) is 0 Å². The Morgan fingerprint density at radius 3 is 2.74 bits per heavy atom. The molecule has 0 radical (unpaired) electrons. The molecule has 2 rings (SSSR count). The molecule has 1 heterocycles. The molecule has 0 saturated heterocycles. The predicted octanol–water partition coefficient (Wildman–Crippen LogP) is 2.33. The monoisotopic (exact) mass is 375 g/mol. The van der Waals surface area contributed by atoms with Crippen molar-refractivity contribution in [3.63, 3.8) is 0 Å². The summed E-state index contributed by atoms with van der Waals surface area (Å²) in [5.74, 6) is -0.335. The Kier molecular flexibility index (Phi) is 5.87. The Labute approximate surface area is 141 Å². The van der Waals surface area contributed by atoms with Crippen molar-refractivity contribution in [2.24, 2.45) is 0 Å². The van der Waals surface area contributed by atoms with Gasteiger partial charge in [0.1, 0.15) is 11.4 Å². The third kappa shape index (κ3) is 4.93. The topological polar surface area (TPSA) is 80.3 Å². The summed E-state index contributed by atoms with van der Waals surface area (Å²) in [6.07, 6.45) is 4.38. The van der Waals surface area contributed by atoms with Crippen molar-refractivity contribution >= 4 is 33.8 Å². The minimum Gasteiger partial charge on any atom is -0.496 e. The Bertz CT molecular complexity index is 733. The van der Waals surface area contributed by atoms with Crippen molar-refractivity contribution in [1.82, 2.24) is 15.8 Å². The van der Waals surface area contributed by atoms with Crippen LogP contribution in [0.15, 0.2) is 53.1 Å². The number of halogens is 1. The van der Waals surface area contributed by atoms with Crippen LogP contribution in [0.2, 0.25) is 0 Å². The maximum absolute atomic E-state index is 11.8. The van der Waals surface area contributed by atoms with Gasteiger partial charge in [-0.05, 0) is 36.4 Å². The van der Waals surface area contributed by atoms with E-state index in [0.717, 1.165) is 10.0 Å². The molecule has 0 spiro atoms. The molecule has 2 aromatic rings. The second-order valence-electron chi connectivity index (χ2n) is 4.38. The fourth-order valence-electron chi connectivity index (χ4n) is 1.72. The Hall–Kier alpha value is -2.67. The minimum absolute atomic E-state index is 0.213. The first kappa shape index (κ1) is 16.7. The third-order valence-electron chi connectivity index (χ3n) is 2.80. The van der Waals surface area contributed by atoms with Crippen molar-refractivity contribution in [1.29, 1.82) is 0 Å². The quantitative estimate of drug-likeness (QED) is 0.634. The lowest BCUT2D eigenvalue weighted by Gasteiger charge is -2.06. The van der Waals surface area contributed by atoms with Gasteiger partial charge in [-0.3, -0.25) is 25.4 Å². The summed E-state index contributed by atoms with van der Waals surface area (Å²) in [6, 6.07) is 10.4. The van der Waals surface area contributed by atoms with Crippen LogP contribution in [-0.4, -0.2) is 23.9 Å². The molecule has 1 aromatic carbocycles. The van der Waals surface area contributed by atoms with Gasteiger partial charge in [0.15, 0.2) is 0 Å². The summed E-state index contributed by atoms with van der Waals surface area (Å²) < 4.78 is 6.07. The molecule has 0 aliphatic heterocycles. The fraction of sp³-hybridized carbons (Fsp3) is 0.0625. The van der Waals surface area contributed by atoms with Crippen LogP contribution in [-0.2, 0) is 4.79 Å². The van der Waals surface area contributed by atoms with Crippen molar-refractivity contribution < 1.29 is 14.3 Å². The summed E-state index contributed by atoms with van der Waals surface area (Å²) >= 11 is 3.35. The minimum atomic E-state index is -0.493. The Morgan fingerprint density at radius 2 is 2.04 bits per heavy atom. The average molecular weight is 376 g/mol. The van der Waals surface area contributed by atoms with E-state index in [2.05, 4.69) is 31.8 Å². The lowest BCUT2D eigenvalue weighted by atomic mass is 10.2. The van der Waals surface area contributed by atoms with Crippen LogP contribution < -0.4 is 15.6 Å². The van der Waals surface area contributed by atoms with Gasteiger partial charge in [-0.25, -0.2) is 0 Å². The molecule has 0 fully saturated rings. The molecule has 0 bridgehead atoms. The number of nitrogens with zero attached hydrogens (tertiary/aromatic N) is 1. The van der Waals surface area contributed by atoms with Crippen molar-refractivity contribution in [2.75, 3.05) is 7.11 Å². The molecule has 0 aliphatic carbocycles. The summed E-state index contributed by atoms with van der Waals surface area (Å²) in [5.41, 5.74) is 5.51. The average Bonchev–Trinajstić information content (AvgIpc) is 2.58. The molecule has 7 heteroatoms. The first-order chi connectivity index (χ1) is 11.1. The molecule has 2 amide bonds. The number of hydrogen-bond donors (Lipinski definition) is 2. The van der Waals surface area contributed by atoms with Crippen LogP contribution in [0.3, 0.4) is 0 Å². The van der Waals surface area contributed by atoms with Crippen molar-refractivity contribution in [3.8, 4) is 5.75 Å². The molecule has 0 unspecified atom stereocenters. The van der Waals surface area contributed by atoms with E-state index in [0.29, 0.717) is 5.75 Å². The van der Waals surface area contributed by atoms with Gasteiger partial charge in [-0.1, -0.05) is 22.0 Å². The van der Waals surface area contributed by atoms with Crippen molar-refractivity contribution in [3.05, 3.63) is 64.4 Å². The third-order valence-corrected chi connectivity index (χ3v) is 3.30. The number of carbonyl (C=O) groups is 2. The van der Waals surface area contributed by atoms with E-state index < -0.39 is 11.8 Å². The van der Waals surface area contributed by atoms with Crippen LogP contribution in [0.4, 0.5) is 0 Å². The lowest BCUT2D eigenvalue weighted by molar-refractivity contribution is -0.117. The van der Waals surface area contributed by atoms with E-state index in [9.17, 15) is 9.59 Å². The maximum Gasteiger partial charge on any atom is 0.288 e. The molecular formula is C16H14BrN3O3. The highest BCUT2D eigenvalue weighted by Gasteiger charge is 2.06. The molecule has 6 nitrogen and oxygen atoms in total. The van der Waals surface area contributed by atoms with Crippen LogP contribution in [0.25, 0.3) is 6.08 Å². The number of hydrazine groups is 1. The predicted molar refractivity (Wildman–Crippen MR) is 89.6 cm³/mol. The SMILES string of the molecule is COc1ccc(Br)cc1/C=C/C(=O)NNC(=O)c1ccccn1. The highest BCUT2D eigenvalue weighted by Crippen LogP contribution is 2.23. The highest BCUT2D eigenvalue weighted by atomic mass is 79.9. The molecule has 1 aromatic heterocycles. The first-order valence-electron chi connectivity index (χ1n) is 6.63. The summed E-state index contributed by atoms with van der Waals surface area (Å²) in [5, 5.41) is 0. The van der Waals surface area contributed by atoms with Crippen LogP contribution in [0.1, 0.15) is 16.1 Å². The molecule has 0 atom stereocenters. The maximum atomic E-state index is 11.8. The number of nitrogens with one attached hydrogen (secondary N) is 2. The van der Waals surface area contributed by atoms with E-state index in [4.69, 9.17) is 4.74 Å². The number of carbonyl (C=O) groups excluding carboxylic acids is 2. The largest absolute Gasteiger partial charge is 0.496 e. The summed E-state index contributed by atoms with van der Waals surface area (Å²) in [7, 11) is 1.55. The van der Waals surface area contributed by atoms with Gasteiger partial charge in [-0.2, -0.15) is 0 Å². The number of methoxy groups -OCH3 is 1. The molecule has 0 aliphatic rings. The van der Waals surface area contributed by atoms with E-state index >= 15 is 0 Å². The molecule has 118 valence electrons. The number of amides is 2. The molecule has 2 N–H and O–H groups in total. The highest BCUT2D eigenvalue weighted by molar-refractivity contribution is 9.10. The zero-order valence-electron chi connectivity index (χ0n) is 12.2. The zero-order chi connectivity index (χ0) is 16.7. The van der Waals surface area contributed by atoms with Crippen LogP contribution >= 0.6 is 15.9 Å². The second kappa shape index (κ2) is 8.09. The number of aromatic nitrogens is 1. The van der Waals surface area contributed by atoms with E-state index in [1.165, 1.54) is 12.3 Å². The number of pyridine rings is 1. The van der Waals surface area contributed by atoms with Gasteiger partial charge in [0.25, 0.3) is 11.8 Å². The van der Waals surface area contributed by atoms with Gasteiger partial charge in [-0.15, -0.1) is 0 Å². The van der Waals surface area contributed by atoms with Crippen LogP contribution in [0.5, 0.6) is 5.75 Å². The standard InChI is InChI=1S/C16H14BrN3O3/c1-23-14-7-6-12(17)10-11(14)5-8-15(21)19-20-16(22)13-4-2-3-9-18-13/h2-10H,1H3,(H,19,21)(H,20,22)/b8-5+. The lowest BCUT2D eigenvalue weighted by Crippen LogP contribution is -2.41. The van der Waals surface area contributed by atoms with E-state index in [-0.39, 0.29) is 5.69 Å². The van der Waals surface area contributed by atoms with E-state index in [1.807, 2.05) is 12.1 Å². The number of hydrogen-bond acceptors (Lipinski definition) is 4. The summed E-state index contributed by atoms with van der Waals surface area (Å²) in [4.78, 5) is 27.4. The number of ether oxygens (including phenoxy) is 1. The Morgan fingerprint density at radius 1 is 1.22 bits per heavy atom. The second-order valence-corrected chi connectivity index (χ2v) is 5.29. The first-order valence-corrected chi connectivity index (χ1v) is 7.42. The van der Waals surface area contributed by atoms with Gasteiger partial charge >= 0.3 is 0 Å². The van der Waals surface area contributed by atoms with Gasteiger partial charge in [0.2, 0.25) is 0 Å². The van der Waals surface area contributed by atoms with Gasteiger partial charge in [0, 0.05) is 22.3 Å². The normalized spacial score (nSPS) is 10.3. The fourth-order valence-corrected chi connectivity index (χ4v) is 2.10. The van der Waals surface area contributed by atoms with Gasteiger partial charge in [0.05, 0.1) is 7.11 Å². The zero-order valence-corrected chi connectivity index (χ0v) is 13.8. The summed E-state index contributed by atoms with van der Waals surface area (Å²) in [6.45, 7) is 0.